The van der Waals surface area contributed by atoms with E-state index >= 15 is 0 Å². The fourth-order valence-electron chi connectivity index (χ4n) is 1.48. The summed E-state index contributed by atoms with van der Waals surface area (Å²) in [5, 5.41) is 3.10. The molecule has 4 nitrogen and oxygen atoms in total. The summed E-state index contributed by atoms with van der Waals surface area (Å²) in [7, 11) is 0. The highest BCUT2D eigenvalue weighted by molar-refractivity contribution is 5.88. The smallest absolute Gasteiger partial charge is 0.172 e. The van der Waals surface area contributed by atoms with Gasteiger partial charge in [-0.2, -0.15) is 0 Å². The average molecular weight is 173 g/mol. The van der Waals surface area contributed by atoms with E-state index in [0.717, 1.165) is 22.5 Å². The number of benzene rings is 1. The molecule has 64 valence electrons. The summed E-state index contributed by atoms with van der Waals surface area (Å²) in [5.41, 5.74) is 2.68. The maximum Gasteiger partial charge on any atom is 0.172 e. The van der Waals surface area contributed by atoms with E-state index in [0.29, 0.717) is 6.73 Å². The molecule has 0 amide bonds. The molecule has 2 aromatic rings. The summed E-state index contributed by atoms with van der Waals surface area (Å²) in [4.78, 5) is 8.41. The summed E-state index contributed by atoms with van der Waals surface area (Å²) >= 11 is 0. The molecule has 0 radical (unpaired) electrons. The summed E-state index contributed by atoms with van der Waals surface area (Å²) in [6.45, 7) is 0.519. The van der Waals surface area contributed by atoms with Crippen LogP contribution in [0.25, 0.3) is 11.0 Å². The SMILES string of the molecule is c1cnc2c3c(ccc2n1)NCO3. The Labute approximate surface area is 74.6 Å². The van der Waals surface area contributed by atoms with Crippen LogP contribution in [-0.2, 0) is 0 Å². The minimum atomic E-state index is 0.519. The van der Waals surface area contributed by atoms with Gasteiger partial charge in [-0.3, -0.25) is 4.98 Å². The van der Waals surface area contributed by atoms with Crippen LogP contribution in [0.3, 0.4) is 0 Å². The van der Waals surface area contributed by atoms with Crippen molar-refractivity contribution < 1.29 is 4.74 Å². The molecule has 1 aromatic heterocycles. The largest absolute Gasteiger partial charge is 0.469 e. The number of nitrogens with zero attached hydrogens (tertiary/aromatic N) is 2. The Morgan fingerprint density at radius 1 is 1.23 bits per heavy atom. The molecule has 1 aromatic carbocycles. The summed E-state index contributed by atoms with van der Waals surface area (Å²) < 4.78 is 5.40. The third kappa shape index (κ3) is 0.853. The lowest BCUT2D eigenvalue weighted by molar-refractivity contribution is 0.375. The zero-order chi connectivity index (χ0) is 8.67. The van der Waals surface area contributed by atoms with Crippen LogP contribution >= 0.6 is 0 Å². The first-order valence-electron chi connectivity index (χ1n) is 4.05. The number of aromatic nitrogens is 2. The molecule has 0 spiro atoms. The highest BCUT2D eigenvalue weighted by Gasteiger charge is 2.15. The molecule has 1 aliphatic heterocycles. The normalized spacial score (nSPS) is 13.5. The number of ether oxygens (including phenoxy) is 1. The lowest BCUT2D eigenvalue weighted by atomic mass is 10.2. The van der Waals surface area contributed by atoms with Crippen LogP contribution in [0.2, 0.25) is 0 Å². The lowest BCUT2D eigenvalue weighted by Gasteiger charge is -2.00. The highest BCUT2D eigenvalue weighted by Crippen LogP contribution is 2.34. The molecule has 0 bridgehead atoms. The Morgan fingerprint density at radius 3 is 3.15 bits per heavy atom. The van der Waals surface area contributed by atoms with Gasteiger partial charge in [-0.25, -0.2) is 4.98 Å². The van der Waals surface area contributed by atoms with Crippen LogP contribution in [0, 0.1) is 0 Å². The topological polar surface area (TPSA) is 47.0 Å². The van der Waals surface area contributed by atoms with Crippen molar-refractivity contribution in [2.24, 2.45) is 0 Å². The molecule has 0 saturated heterocycles. The molecule has 4 heteroatoms. The Hall–Kier alpha value is -1.84. The van der Waals surface area contributed by atoms with Crippen LogP contribution in [0.4, 0.5) is 5.69 Å². The molecular formula is C9H7N3O. The first kappa shape index (κ1) is 6.65. The molecule has 0 fully saturated rings. The average Bonchev–Trinajstić information content (AvgIpc) is 2.65. The van der Waals surface area contributed by atoms with Gasteiger partial charge in [0, 0.05) is 12.4 Å². The Balaban J connectivity index is 2.43. The van der Waals surface area contributed by atoms with E-state index in [2.05, 4.69) is 15.3 Å². The Kier molecular flexibility index (Phi) is 1.19. The van der Waals surface area contributed by atoms with Gasteiger partial charge in [-0.1, -0.05) is 0 Å². The van der Waals surface area contributed by atoms with Crippen LogP contribution in [0.5, 0.6) is 5.75 Å². The van der Waals surface area contributed by atoms with E-state index in [9.17, 15) is 0 Å². The van der Waals surface area contributed by atoms with Crippen LogP contribution in [-0.4, -0.2) is 16.7 Å². The highest BCUT2D eigenvalue weighted by atomic mass is 16.5. The van der Waals surface area contributed by atoms with Gasteiger partial charge in [0.2, 0.25) is 0 Å². The second kappa shape index (κ2) is 2.32. The van der Waals surface area contributed by atoms with E-state index < -0.39 is 0 Å². The number of nitrogens with one attached hydrogen (secondary N) is 1. The van der Waals surface area contributed by atoms with Gasteiger partial charge < -0.3 is 10.1 Å². The van der Waals surface area contributed by atoms with Gasteiger partial charge in [-0.05, 0) is 12.1 Å². The Morgan fingerprint density at radius 2 is 2.15 bits per heavy atom. The maximum absolute atomic E-state index is 5.40. The zero-order valence-electron chi connectivity index (χ0n) is 6.82. The minimum Gasteiger partial charge on any atom is -0.469 e. The molecule has 13 heavy (non-hydrogen) atoms. The van der Waals surface area contributed by atoms with Crippen molar-refractivity contribution in [3.63, 3.8) is 0 Å². The van der Waals surface area contributed by atoms with E-state index in [-0.39, 0.29) is 0 Å². The Bertz CT molecular complexity index is 469. The molecule has 0 atom stereocenters. The number of anilines is 1. The number of hydrogen-bond acceptors (Lipinski definition) is 4. The summed E-state index contributed by atoms with van der Waals surface area (Å²) in [6, 6.07) is 3.89. The van der Waals surface area contributed by atoms with Gasteiger partial charge in [0.15, 0.2) is 12.5 Å². The first-order chi connectivity index (χ1) is 6.45. The van der Waals surface area contributed by atoms with E-state index in [1.54, 1.807) is 12.4 Å². The van der Waals surface area contributed by atoms with Crippen molar-refractivity contribution in [3.05, 3.63) is 24.5 Å². The minimum absolute atomic E-state index is 0.519. The van der Waals surface area contributed by atoms with Gasteiger partial charge in [0.25, 0.3) is 0 Å². The van der Waals surface area contributed by atoms with Gasteiger partial charge >= 0.3 is 0 Å². The molecule has 0 saturated carbocycles. The first-order valence-corrected chi connectivity index (χ1v) is 4.05. The predicted octanol–water partition coefficient (Wildman–Crippen LogP) is 1.39. The summed E-state index contributed by atoms with van der Waals surface area (Å²) in [6.07, 6.45) is 3.35. The second-order valence-electron chi connectivity index (χ2n) is 2.83. The van der Waals surface area contributed by atoms with E-state index in [1.807, 2.05) is 12.1 Å². The molecule has 3 rings (SSSR count). The van der Waals surface area contributed by atoms with Crippen molar-refractivity contribution >= 4 is 16.7 Å². The number of fused-ring (bicyclic) bond motifs is 3. The molecule has 0 aliphatic carbocycles. The van der Waals surface area contributed by atoms with Crippen molar-refractivity contribution in [2.75, 3.05) is 12.0 Å². The fraction of sp³-hybridized carbons (Fsp3) is 0.111. The monoisotopic (exact) mass is 173 g/mol. The maximum atomic E-state index is 5.40. The van der Waals surface area contributed by atoms with Crippen LogP contribution < -0.4 is 10.1 Å². The standard InChI is InChI=1S/C9H7N3O/c1-2-7-9(13-5-12-7)8-6(1)10-3-4-11-8/h1-4,12H,5H2. The van der Waals surface area contributed by atoms with Crippen LogP contribution in [0.1, 0.15) is 0 Å². The van der Waals surface area contributed by atoms with Crippen molar-refractivity contribution in [3.8, 4) is 5.75 Å². The van der Waals surface area contributed by atoms with Crippen LogP contribution in [0.15, 0.2) is 24.5 Å². The van der Waals surface area contributed by atoms with Gasteiger partial charge in [0.1, 0.15) is 5.52 Å². The third-order valence-electron chi connectivity index (χ3n) is 2.07. The number of hydrogen-bond donors (Lipinski definition) is 1. The molecule has 1 aliphatic rings. The van der Waals surface area contributed by atoms with Crippen molar-refractivity contribution in [1.82, 2.24) is 9.97 Å². The van der Waals surface area contributed by atoms with Gasteiger partial charge in [-0.15, -0.1) is 0 Å². The lowest BCUT2D eigenvalue weighted by Crippen LogP contribution is -1.96. The van der Waals surface area contributed by atoms with E-state index in [1.165, 1.54) is 0 Å². The number of rotatable bonds is 0. The van der Waals surface area contributed by atoms with E-state index in [4.69, 9.17) is 4.74 Å². The van der Waals surface area contributed by atoms with Gasteiger partial charge in [0.05, 0.1) is 11.2 Å². The molecule has 2 heterocycles. The predicted molar refractivity (Wildman–Crippen MR) is 48.7 cm³/mol. The molecular weight excluding hydrogens is 166 g/mol. The van der Waals surface area contributed by atoms with Crippen molar-refractivity contribution in [2.45, 2.75) is 0 Å². The quantitative estimate of drug-likeness (QED) is 0.654. The molecule has 0 unspecified atom stereocenters. The third-order valence-corrected chi connectivity index (χ3v) is 2.07. The zero-order valence-corrected chi connectivity index (χ0v) is 6.82. The fourth-order valence-corrected chi connectivity index (χ4v) is 1.48. The van der Waals surface area contributed by atoms with Crippen molar-refractivity contribution in [1.29, 1.82) is 0 Å². The summed E-state index contributed by atoms with van der Waals surface area (Å²) in [5.74, 6) is 0.811. The molecule has 1 N–H and O–H groups in total. The second-order valence-corrected chi connectivity index (χ2v) is 2.83.